The fourth-order valence-corrected chi connectivity index (χ4v) is 2.08. The third kappa shape index (κ3) is 6.21. The van der Waals surface area contributed by atoms with Crippen LogP contribution in [0.15, 0.2) is 54.6 Å². The Bertz CT molecular complexity index is 727. The summed E-state index contributed by atoms with van der Waals surface area (Å²) in [6, 6.07) is 17.4. The number of ether oxygens (including phenoxy) is 1. The van der Waals surface area contributed by atoms with Crippen molar-refractivity contribution in [2.75, 3.05) is 13.2 Å². The van der Waals surface area contributed by atoms with Gasteiger partial charge in [-0.25, -0.2) is 4.18 Å². The van der Waals surface area contributed by atoms with Crippen LogP contribution in [0.2, 0.25) is 0 Å². The van der Waals surface area contributed by atoms with Crippen LogP contribution in [0, 0.1) is 0 Å². The molecule has 0 aromatic heterocycles. The third-order valence-corrected chi connectivity index (χ3v) is 3.54. The fraction of sp³-hybridized carbons (Fsp3) is 0.125. The highest BCUT2D eigenvalue weighted by molar-refractivity contribution is 7.81. The molecule has 0 unspecified atom stereocenters. The molecule has 0 aliphatic carbocycles. The molecule has 0 aliphatic rings. The lowest BCUT2D eigenvalue weighted by Gasteiger charge is -2.06. The molecule has 0 fully saturated rings. The Balaban J connectivity index is 1.82. The predicted octanol–water partition coefficient (Wildman–Crippen LogP) is 2.39. The Morgan fingerprint density at radius 1 is 0.870 bits per heavy atom. The van der Waals surface area contributed by atoms with Crippen LogP contribution in [0.5, 0.6) is 5.75 Å². The maximum atomic E-state index is 10.8. The minimum atomic E-state index is -4.13. The van der Waals surface area contributed by atoms with Gasteiger partial charge in [-0.2, -0.15) is 18.6 Å². The minimum Gasteiger partial charge on any atom is -0.491 e. The zero-order chi connectivity index (χ0) is 16.5. The molecule has 0 saturated heterocycles. The Morgan fingerprint density at radius 2 is 1.48 bits per heavy atom. The Kier molecular flexibility index (Phi) is 6.30. The molecule has 6 nitrogen and oxygen atoms in total. The molecule has 0 heterocycles. The first-order chi connectivity index (χ1) is 11.1. The molecule has 0 radical (unpaired) electrons. The van der Waals surface area contributed by atoms with Crippen LogP contribution in [0.4, 0.5) is 0 Å². The van der Waals surface area contributed by atoms with Gasteiger partial charge in [-0.3, -0.25) is 0 Å². The van der Waals surface area contributed by atoms with Crippen LogP contribution in [-0.2, 0) is 18.9 Å². The van der Waals surface area contributed by atoms with E-state index >= 15 is 0 Å². The van der Waals surface area contributed by atoms with E-state index in [4.69, 9.17) is 4.74 Å². The Morgan fingerprint density at radius 3 is 2.09 bits per heavy atom. The topological polar surface area (TPSA) is 87.9 Å². The van der Waals surface area contributed by atoms with Gasteiger partial charge in [0.1, 0.15) is 19.0 Å². The molecular weight excluding hydrogens is 318 g/mol. The number of nitrogens with two attached hydrogens (primary N) is 1. The third-order valence-electron chi connectivity index (χ3n) is 2.85. The molecule has 0 bridgehead atoms. The molecular formula is C16H17NO5S. The van der Waals surface area contributed by atoms with Crippen LogP contribution in [0.25, 0.3) is 12.2 Å². The van der Waals surface area contributed by atoms with Gasteiger partial charge >= 0.3 is 10.4 Å². The second kappa shape index (κ2) is 8.44. The van der Waals surface area contributed by atoms with Gasteiger partial charge in [-0.15, -0.1) is 0 Å². The normalized spacial score (nSPS) is 11.7. The van der Waals surface area contributed by atoms with Gasteiger partial charge in [-0.1, -0.05) is 54.6 Å². The van der Waals surface area contributed by atoms with Crippen LogP contribution in [0.3, 0.4) is 0 Å². The second-order valence-electron chi connectivity index (χ2n) is 4.49. The van der Waals surface area contributed by atoms with Crippen molar-refractivity contribution < 1.29 is 21.6 Å². The summed E-state index contributed by atoms with van der Waals surface area (Å²) in [5, 5.41) is 0. The van der Waals surface area contributed by atoms with Crippen molar-refractivity contribution >= 4 is 22.6 Å². The molecule has 0 amide bonds. The van der Waals surface area contributed by atoms with Crippen molar-refractivity contribution in [3.05, 3.63) is 65.7 Å². The summed E-state index contributed by atoms with van der Waals surface area (Å²) in [7, 11) is -4.13. The molecule has 0 spiro atoms. The average molecular weight is 335 g/mol. The minimum absolute atomic E-state index is 0.0573. The van der Waals surface area contributed by atoms with Crippen molar-refractivity contribution in [1.29, 1.82) is 0 Å². The highest BCUT2D eigenvalue weighted by Crippen LogP contribution is 2.14. The molecule has 2 rings (SSSR count). The number of hydrogen-bond donors (Lipinski definition) is 1. The van der Waals surface area contributed by atoms with Gasteiger partial charge in [0.05, 0.1) is 0 Å². The summed E-state index contributed by atoms with van der Waals surface area (Å²) in [5.41, 5.74) is 2.14. The number of hydrogen-bond acceptors (Lipinski definition) is 6. The molecule has 122 valence electrons. The van der Waals surface area contributed by atoms with Crippen molar-refractivity contribution in [2.24, 2.45) is 5.90 Å². The van der Waals surface area contributed by atoms with E-state index in [1.165, 1.54) is 0 Å². The smallest absolute Gasteiger partial charge is 0.416 e. The van der Waals surface area contributed by atoms with Gasteiger partial charge in [0.2, 0.25) is 0 Å². The van der Waals surface area contributed by atoms with Crippen molar-refractivity contribution in [3.8, 4) is 5.75 Å². The van der Waals surface area contributed by atoms with Gasteiger partial charge in [0, 0.05) is 0 Å². The Labute approximate surface area is 135 Å². The summed E-state index contributed by atoms with van der Waals surface area (Å²) in [6.07, 6.45) is 4.01. The summed E-state index contributed by atoms with van der Waals surface area (Å²) in [4.78, 5) is 0. The molecule has 0 aliphatic heterocycles. The molecule has 2 aromatic rings. The number of rotatable bonds is 8. The first kappa shape index (κ1) is 17.2. The van der Waals surface area contributed by atoms with Gasteiger partial charge < -0.3 is 4.74 Å². The number of benzene rings is 2. The highest BCUT2D eigenvalue weighted by atomic mass is 32.3. The molecule has 7 heteroatoms. The van der Waals surface area contributed by atoms with Crippen LogP contribution in [0.1, 0.15) is 11.1 Å². The van der Waals surface area contributed by atoms with Crippen LogP contribution < -0.4 is 10.6 Å². The zero-order valence-electron chi connectivity index (χ0n) is 12.3. The first-order valence-electron chi connectivity index (χ1n) is 6.83. The van der Waals surface area contributed by atoms with E-state index in [2.05, 4.69) is 14.4 Å². The van der Waals surface area contributed by atoms with E-state index in [0.717, 1.165) is 11.1 Å². The quantitative estimate of drug-likeness (QED) is 0.453. The predicted molar refractivity (Wildman–Crippen MR) is 87.5 cm³/mol. The van der Waals surface area contributed by atoms with Crippen LogP contribution >= 0.6 is 0 Å². The lowest BCUT2D eigenvalue weighted by molar-refractivity contribution is 0.179. The van der Waals surface area contributed by atoms with Gasteiger partial charge in [0.15, 0.2) is 0 Å². The lowest BCUT2D eigenvalue weighted by Crippen LogP contribution is -2.17. The molecule has 2 N–H and O–H groups in total. The van der Waals surface area contributed by atoms with Crippen LogP contribution in [-0.4, -0.2) is 21.6 Å². The first-order valence-corrected chi connectivity index (χ1v) is 8.16. The lowest BCUT2D eigenvalue weighted by atomic mass is 10.1. The molecule has 23 heavy (non-hydrogen) atoms. The monoisotopic (exact) mass is 335 g/mol. The van der Waals surface area contributed by atoms with Crippen molar-refractivity contribution in [1.82, 2.24) is 0 Å². The van der Waals surface area contributed by atoms with E-state index in [9.17, 15) is 8.42 Å². The zero-order valence-corrected chi connectivity index (χ0v) is 13.1. The second-order valence-corrected chi connectivity index (χ2v) is 5.73. The van der Waals surface area contributed by atoms with E-state index in [-0.39, 0.29) is 13.2 Å². The van der Waals surface area contributed by atoms with E-state index < -0.39 is 10.4 Å². The SMILES string of the molecule is NOS(=O)(=O)OCCOc1ccc(C=Cc2ccccc2)cc1. The highest BCUT2D eigenvalue weighted by Gasteiger charge is 2.08. The molecule has 0 atom stereocenters. The van der Waals surface area contributed by atoms with E-state index in [0.29, 0.717) is 5.75 Å². The largest absolute Gasteiger partial charge is 0.491 e. The maximum Gasteiger partial charge on any atom is 0.416 e. The summed E-state index contributed by atoms with van der Waals surface area (Å²) >= 11 is 0. The van der Waals surface area contributed by atoms with E-state index in [1.54, 1.807) is 12.1 Å². The molecule has 0 saturated carbocycles. The van der Waals surface area contributed by atoms with E-state index in [1.807, 2.05) is 54.6 Å². The summed E-state index contributed by atoms with van der Waals surface area (Å²) in [6.45, 7) is -0.128. The van der Waals surface area contributed by atoms with Crippen molar-refractivity contribution in [3.63, 3.8) is 0 Å². The Hall–Kier alpha value is -2.19. The fourth-order valence-electron chi connectivity index (χ4n) is 1.76. The maximum absolute atomic E-state index is 10.8. The standard InChI is InChI=1S/C16H17NO5S/c17-22-23(18,19)21-13-12-20-16-10-8-15(9-11-16)7-6-14-4-2-1-3-5-14/h1-11H,12-13,17H2. The van der Waals surface area contributed by atoms with Gasteiger partial charge in [0.25, 0.3) is 0 Å². The average Bonchev–Trinajstić information content (AvgIpc) is 2.59. The molecule has 2 aromatic carbocycles. The summed E-state index contributed by atoms with van der Waals surface area (Å²) in [5.74, 6) is 5.13. The summed E-state index contributed by atoms with van der Waals surface area (Å²) < 4.78 is 35.0. The van der Waals surface area contributed by atoms with Gasteiger partial charge in [-0.05, 0) is 23.3 Å². The van der Waals surface area contributed by atoms with Crippen molar-refractivity contribution in [2.45, 2.75) is 0 Å².